The fourth-order valence-electron chi connectivity index (χ4n) is 4.47. The summed E-state index contributed by atoms with van der Waals surface area (Å²) in [6.07, 6.45) is 20.4. The summed E-state index contributed by atoms with van der Waals surface area (Å²) < 4.78 is 28.2. The van der Waals surface area contributed by atoms with Crippen LogP contribution in [0.15, 0.2) is 11.3 Å². The van der Waals surface area contributed by atoms with Crippen LogP contribution in [0.25, 0.3) is 0 Å². The number of hydrogen-bond donors (Lipinski definition) is 0. The summed E-state index contributed by atoms with van der Waals surface area (Å²) in [6.45, 7) is 3.96. The molecule has 0 unspecified atom stereocenters. The average molecular weight is 459 g/mol. The van der Waals surface area contributed by atoms with Gasteiger partial charge in [-0.3, -0.25) is 0 Å². The summed E-state index contributed by atoms with van der Waals surface area (Å²) in [5.74, 6) is 0.0399. The third-order valence-electron chi connectivity index (χ3n) is 6.40. The van der Waals surface area contributed by atoms with E-state index in [1.807, 2.05) is 0 Å². The van der Waals surface area contributed by atoms with E-state index >= 15 is 0 Å². The van der Waals surface area contributed by atoms with E-state index in [1.165, 1.54) is 97.7 Å². The van der Waals surface area contributed by atoms with Crippen molar-refractivity contribution in [1.29, 1.82) is 0 Å². The van der Waals surface area contributed by atoms with Gasteiger partial charge in [0.15, 0.2) is 0 Å². The van der Waals surface area contributed by atoms with Crippen molar-refractivity contribution in [2.24, 2.45) is 5.92 Å². The Morgan fingerprint density at radius 2 is 1.39 bits per heavy atom. The van der Waals surface area contributed by atoms with E-state index in [-0.39, 0.29) is 11.9 Å². The van der Waals surface area contributed by atoms with E-state index in [2.05, 4.69) is 6.92 Å². The van der Waals surface area contributed by atoms with Gasteiger partial charge in [0.05, 0.1) is 18.8 Å². The topological polar surface area (TPSA) is 61.8 Å². The lowest BCUT2D eigenvalue weighted by Gasteiger charge is -2.17. The second-order valence-electron chi connectivity index (χ2n) is 8.94. The first-order chi connectivity index (χ1) is 15.0. The molecule has 0 aromatic rings. The van der Waals surface area contributed by atoms with E-state index in [9.17, 15) is 9.36 Å². The predicted molar refractivity (Wildman–Crippen MR) is 128 cm³/mol. The maximum Gasteiger partial charge on any atom is 0.378 e. The van der Waals surface area contributed by atoms with Gasteiger partial charge in [0.2, 0.25) is 0 Å². The van der Waals surface area contributed by atoms with Crippen LogP contribution >= 0.6 is 7.60 Å². The molecule has 31 heavy (non-hydrogen) atoms. The van der Waals surface area contributed by atoms with Crippen molar-refractivity contribution in [2.75, 3.05) is 20.4 Å². The van der Waals surface area contributed by atoms with Crippen LogP contribution in [0.5, 0.6) is 0 Å². The molecule has 1 rings (SSSR count). The van der Waals surface area contributed by atoms with Crippen LogP contribution in [-0.4, -0.2) is 26.4 Å². The molecule has 0 spiro atoms. The Labute approximate surface area is 191 Å². The number of carbonyl (C=O) groups excluding carboxylic acids is 1. The molecule has 0 radical (unpaired) electrons. The second-order valence-corrected chi connectivity index (χ2v) is 11.2. The van der Waals surface area contributed by atoms with Gasteiger partial charge in [0.25, 0.3) is 0 Å². The number of esters is 1. The van der Waals surface area contributed by atoms with Crippen LogP contribution in [0, 0.1) is 5.92 Å². The molecule has 0 N–H and O–H groups in total. The molecule has 0 saturated heterocycles. The molecule has 0 fully saturated rings. The lowest BCUT2D eigenvalue weighted by Crippen LogP contribution is -2.16. The maximum absolute atomic E-state index is 12.6. The molecule has 0 aromatic carbocycles. The zero-order valence-electron chi connectivity index (χ0n) is 20.6. The minimum absolute atomic E-state index is 0.0238. The highest BCUT2D eigenvalue weighted by molar-refractivity contribution is 7.53. The number of allylic oxidation sites excluding steroid dienone is 1. The fraction of sp³-hybridized carbons (Fsp3) is 0.880. The molecule has 1 heterocycles. The highest BCUT2D eigenvalue weighted by Crippen LogP contribution is 2.54. The molecule has 182 valence electrons. The largest absolute Gasteiger partial charge is 0.466 e. The Kier molecular flexibility index (Phi) is 15.3. The van der Waals surface area contributed by atoms with Crippen LogP contribution in [-0.2, 0) is 23.1 Å². The van der Waals surface area contributed by atoms with Gasteiger partial charge < -0.3 is 13.8 Å². The third kappa shape index (κ3) is 11.6. The zero-order valence-corrected chi connectivity index (χ0v) is 21.5. The van der Waals surface area contributed by atoms with E-state index in [0.717, 1.165) is 12.8 Å². The fourth-order valence-corrected chi connectivity index (χ4v) is 5.96. The minimum atomic E-state index is -3.16. The van der Waals surface area contributed by atoms with Crippen LogP contribution < -0.4 is 0 Å². The first-order valence-corrected chi connectivity index (χ1v) is 14.3. The molecule has 1 aliphatic rings. The molecule has 0 aromatic heterocycles. The smallest absolute Gasteiger partial charge is 0.378 e. The van der Waals surface area contributed by atoms with Crippen molar-refractivity contribution in [2.45, 2.75) is 117 Å². The van der Waals surface area contributed by atoms with Crippen molar-refractivity contribution >= 4 is 13.6 Å². The van der Waals surface area contributed by atoms with E-state index < -0.39 is 7.60 Å². The summed E-state index contributed by atoms with van der Waals surface area (Å²) in [4.78, 5) is 12.3. The van der Waals surface area contributed by atoms with E-state index in [0.29, 0.717) is 23.9 Å². The zero-order chi connectivity index (χ0) is 23.0. The monoisotopic (exact) mass is 458 g/mol. The van der Waals surface area contributed by atoms with Crippen molar-refractivity contribution < 1.29 is 23.1 Å². The van der Waals surface area contributed by atoms with Gasteiger partial charge in [-0.2, -0.15) is 0 Å². The molecule has 0 amide bonds. The number of rotatable bonds is 17. The SMILES string of the molecule is CCCCCCCCCCCCCCCC[C@H]1CC[P@@](=O)(OC)OC(C)=C1C(=O)OC. The van der Waals surface area contributed by atoms with Crippen molar-refractivity contribution in [1.82, 2.24) is 0 Å². The lowest BCUT2D eigenvalue weighted by atomic mass is 9.89. The Balaban J connectivity index is 2.21. The number of unbranched alkanes of at least 4 members (excludes halogenated alkanes) is 13. The van der Waals surface area contributed by atoms with E-state index in [1.54, 1.807) is 6.92 Å². The molecule has 5 nitrogen and oxygen atoms in total. The van der Waals surface area contributed by atoms with Crippen LogP contribution in [0.2, 0.25) is 0 Å². The van der Waals surface area contributed by atoms with Crippen molar-refractivity contribution in [3.05, 3.63) is 11.3 Å². The molecular weight excluding hydrogens is 411 g/mol. The summed E-state index contributed by atoms with van der Waals surface area (Å²) in [5, 5.41) is 0. The molecule has 0 aliphatic carbocycles. The summed E-state index contributed by atoms with van der Waals surface area (Å²) >= 11 is 0. The first-order valence-electron chi connectivity index (χ1n) is 12.6. The summed E-state index contributed by atoms with van der Waals surface area (Å²) in [7, 11) is -0.373. The van der Waals surface area contributed by atoms with Gasteiger partial charge in [-0.05, 0) is 25.7 Å². The highest BCUT2D eigenvalue weighted by atomic mass is 31.2. The van der Waals surface area contributed by atoms with Crippen LogP contribution in [0.4, 0.5) is 0 Å². The summed E-state index contributed by atoms with van der Waals surface area (Å²) in [5.41, 5.74) is 0.534. The third-order valence-corrected chi connectivity index (χ3v) is 8.32. The van der Waals surface area contributed by atoms with Gasteiger partial charge >= 0.3 is 13.6 Å². The minimum Gasteiger partial charge on any atom is -0.466 e. The number of ether oxygens (including phenoxy) is 1. The van der Waals surface area contributed by atoms with Crippen LogP contribution in [0.1, 0.15) is 117 Å². The Morgan fingerprint density at radius 1 is 0.903 bits per heavy atom. The predicted octanol–water partition coefficient (Wildman–Crippen LogP) is 8.18. The number of carbonyl (C=O) groups is 1. The molecule has 0 saturated carbocycles. The van der Waals surface area contributed by atoms with Gasteiger partial charge in [-0.15, -0.1) is 0 Å². The average Bonchev–Trinajstić information content (AvgIpc) is 2.89. The lowest BCUT2D eigenvalue weighted by molar-refractivity contribution is -0.137. The normalized spacial score (nSPS) is 21.6. The first kappa shape index (κ1) is 28.2. The van der Waals surface area contributed by atoms with Crippen molar-refractivity contribution in [3.63, 3.8) is 0 Å². The van der Waals surface area contributed by atoms with E-state index in [4.69, 9.17) is 13.8 Å². The quantitative estimate of drug-likeness (QED) is 0.125. The highest BCUT2D eigenvalue weighted by Gasteiger charge is 2.35. The number of methoxy groups -OCH3 is 1. The Hall–Kier alpha value is -0.800. The molecular formula is C25H47O5P. The van der Waals surface area contributed by atoms with Crippen LogP contribution in [0.3, 0.4) is 0 Å². The van der Waals surface area contributed by atoms with Crippen molar-refractivity contribution in [3.8, 4) is 0 Å². The Morgan fingerprint density at radius 3 is 1.84 bits per heavy atom. The Bertz CT molecular complexity index is 572. The van der Waals surface area contributed by atoms with Gasteiger partial charge in [0.1, 0.15) is 5.76 Å². The van der Waals surface area contributed by atoms with Gasteiger partial charge in [-0.25, -0.2) is 9.36 Å². The van der Waals surface area contributed by atoms with Gasteiger partial charge in [-0.1, -0.05) is 96.8 Å². The standard InChI is InChI=1S/C25H47O5P/c1-5-6-7-8-9-10-11-12-13-14-15-16-17-18-19-23-20-21-31(27,29-4)30-22(2)24(23)25(26)28-3/h23H,5-21H2,1-4H3/t23-,31+/m0/s1. The summed E-state index contributed by atoms with van der Waals surface area (Å²) in [6, 6.07) is 0. The maximum atomic E-state index is 12.6. The molecule has 1 aliphatic heterocycles. The number of hydrogen-bond acceptors (Lipinski definition) is 5. The molecule has 0 bridgehead atoms. The molecule has 6 heteroatoms. The second kappa shape index (κ2) is 16.8. The molecule has 2 atom stereocenters. The van der Waals surface area contributed by atoms with Gasteiger partial charge in [0, 0.05) is 7.11 Å².